The van der Waals surface area contributed by atoms with Gasteiger partial charge in [-0.15, -0.1) is 0 Å². The Labute approximate surface area is 396 Å². The standard InChI is InChI=1S/C51H81N5O7S2/c1-30-35-19-38(51(63)39-22-41(60)37-21-42(61)43(62)26-48(37,5)45(39)33(23-49(35,51)6)27-54-46(52)55-31(2)58)44(12-10-18-57)65-64-28-34(56-17-16-53-29-56)25-47(3,4)36(20-40(30)59)32-11-9-15-50(24-32)13-7-8-14-50/h16-17,22,29-31,33-35,37-38,40,42-45,57-59,61-63H,7-15,18-21,23-28H2,1-6H3,(H3,52,54,55)/b36-32+/t30-,31-,33+,34+,35+,37-,38+,40+,42+,43-,44+,45-,48-,49+,51+/m0/s1. The summed E-state index contributed by atoms with van der Waals surface area (Å²) in [6.45, 7) is 13.1. The van der Waals surface area contributed by atoms with Crippen molar-refractivity contribution in [3.63, 3.8) is 0 Å². The highest BCUT2D eigenvalue weighted by molar-refractivity contribution is 8.76. The number of aliphatic imine (C=N–C) groups is 1. The van der Waals surface area contributed by atoms with Gasteiger partial charge in [-0.05, 0) is 148 Å². The van der Waals surface area contributed by atoms with Crippen molar-refractivity contribution in [3.05, 3.63) is 41.5 Å². The van der Waals surface area contributed by atoms with E-state index < -0.39 is 46.9 Å². The third-order valence-corrected chi connectivity index (χ3v) is 21.8. The van der Waals surface area contributed by atoms with Gasteiger partial charge in [-0.25, -0.2) is 4.98 Å². The number of nitrogens with one attached hydrogen (secondary N) is 1. The van der Waals surface area contributed by atoms with Gasteiger partial charge in [0, 0.05) is 59.8 Å². The number of nitrogens with zero attached hydrogens (tertiary/aromatic N) is 3. The molecule has 14 heteroatoms. The minimum Gasteiger partial charge on any atom is -0.396 e. The largest absolute Gasteiger partial charge is 0.396 e. The molecule has 8 rings (SSSR count). The van der Waals surface area contributed by atoms with Crippen LogP contribution in [0, 0.1) is 57.2 Å². The lowest BCUT2D eigenvalue weighted by atomic mass is 9.42. The van der Waals surface area contributed by atoms with Crippen molar-refractivity contribution >= 4 is 33.3 Å². The number of hydrogen-bond acceptors (Lipinski definition) is 11. The molecule has 1 spiro atoms. The first-order valence-corrected chi connectivity index (χ1v) is 27.5. The molecule has 6 aliphatic carbocycles. The fourth-order valence-electron chi connectivity index (χ4n) is 15.7. The van der Waals surface area contributed by atoms with Crippen molar-refractivity contribution in [1.82, 2.24) is 14.9 Å². The average Bonchev–Trinajstić information content (AvgIpc) is 4.00. The van der Waals surface area contributed by atoms with E-state index in [4.69, 9.17) is 10.7 Å². The summed E-state index contributed by atoms with van der Waals surface area (Å²) >= 11 is 0. The lowest BCUT2D eigenvalue weighted by Crippen LogP contribution is -2.65. The highest BCUT2D eigenvalue weighted by atomic mass is 33.1. The Bertz CT molecular complexity index is 1950. The van der Waals surface area contributed by atoms with Crippen LogP contribution in [0.25, 0.3) is 0 Å². The number of nitrogens with two attached hydrogens (primary N) is 1. The Kier molecular flexibility index (Phi) is 14.6. The number of carbonyl (C=O) groups is 1. The topological polar surface area (TPSA) is 207 Å². The molecule has 7 aliphatic rings. The van der Waals surface area contributed by atoms with Gasteiger partial charge in [-0.2, -0.15) is 0 Å². The zero-order valence-corrected chi connectivity index (χ0v) is 41.6. The molecule has 15 atom stereocenters. The molecule has 0 radical (unpaired) electrons. The fourth-order valence-corrected chi connectivity index (χ4v) is 19.1. The molecule has 0 aromatic carbocycles. The van der Waals surface area contributed by atoms with Gasteiger partial charge in [-0.3, -0.25) is 9.79 Å². The number of aliphatic hydroxyl groups excluding tert-OH is 5. The number of aromatic nitrogens is 2. The lowest BCUT2D eigenvalue weighted by molar-refractivity contribution is -0.170. The lowest BCUT2D eigenvalue weighted by Gasteiger charge is -2.63. The van der Waals surface area contributed by atoms with Crippen LogP contribution in [0.4, 0.5) is 0 Å². The molecule has 1 saturated heterocycles. The van der Waals surface area contributed by atoms with Crippen LogP contribution in [-0.4, -0.2) is 106 Å². The summed E-state index contributed by atoms with van der Waals surface area (Å²) in [5.41, 5.74) is 7.11. The van der Waals surface area contributed by atoms with E-state index >= 15 is 0 Å². The minimum absolute atomic E-state index is 0.0268. The molecule has 0 amide bonds. The third-order valence-electron chi connectivity index (χ3n) is 18.8. The highest BCUT2D eigenvalue weighted by Crippen LogP contribution is 2.73. The van der Waals surface area contributed by atoms with Crippen molar-refractivity contribution in [2.24, 2.45) is 67.9 Å². The van der Waals surface area contributed by atoms with Crippen LogP contribution in [0.3, 0.4) is 0 Å². The number of aliphatic hydroxyl groups is 6. The number of allylic oxidation sites excluding steroid dienone is 2. The van der Waals surface area contributed by atoms with Crippen LogP contribution in [0.1, 0.15) is 150 Å². The number of guanidine groups is 1. The first-order chi connectivity index (χ1) is 30.8. The van der Waals surface area contributed by atoms with Crippen molar-refractivity contribution < 1.29 is 35.4 Å². The number of fused-ring (bicyclic) bond motifs is 9. The van der Waals surface area contributed by atoms with Crippen LogP contribution in [-0.2, 0) is 4.79 Å². The molecule has 1 aliphatic heterocycles. The van der Waals surface area contributed by atoms with E-state index in [1.165, 1.54) is 44.1 Å². The molecular weight excluding hydrogens is 859 g/mol. The minimum atomic E-state index is -1.47. The SMILES string of the molecule is C[C@@H]1[C@H](O)C/C(=C2/CCCC3(CCCC3)C2)C(C)(C)C[C@@H](n2ccnc2)CSS[C@H](CCCO)[C@H]2C[C@H]1[C@@]1(C)C[C@H](CN=C(N)N[C@H](C)O)[C@H]3C(=CC(=O)[C@@H]4C[C@@H](O)[C@@H](O)C[C@]34C)[C@]21O. The van der Waals surface area contributed by atoms with Crippen molar-refractivity contribution in [2.75, 3.05) is 18.9 Å². The summed E-state index contributed by atoms with van der Waals surface area (Å²) < 4.78 is 2.25. The summed E-state index contributed by atoms with van der Waals surface area (Å²) in [6.07, 6.45) is 18.0. The maximum atomic E-state index is 14.7. The Morgan fingerprint density at radius 2 is 1.77 bits per heavy atom. The van der Waals surface area contributed by atoms with Gasteiger partial charge < -0.3 is 46.3 Å². The Morgan fingerprint density at radius 3 is 2.46 bits per heavy atom. The molecule has 2 heterocycles. The Morgan fingerprint density at radius 1 is 1.03 bits per heavy atom. The zero-order valence-electron chi connectivity index (χ0n) is 40.0. The van der Waals surface area contributed by atoms with E-state index in [2.05, 4.69) is 55.7 Å². The van der Waals surface area contributed by atoms with Gasteiger partial charge in [0.05, 0.1) is 30.2 Å². The number of rotatable bonds is 7. The first kappa shape index (κ1) is 49.5. The molecule has 6 fully saturated rings. The van der Waals surface area contributed by atoms with Gasteiger partial charge in [0.1, 0.15) is 6.23 Å². The summed E-state index contributed by atoms with van der Waals surface area (Å²) in [5.74, 6) is -1.01. The second kappa shape index (κ2) is 19.1. The van der Waals surface area contributed by atoms with Gasteiger partial charge in [0.15, 0.2) is 11.7 Å². The normalized spacial score (nSPS) is 43.8. The van der Waals surface area contributed by atoms with Gasteiger partial charge >= 0.3 is 0 Å². The Balaban J connectivity index is 1.28. The smallest absolute Gasteiger partial charge is 0.190 e. The monoisotopic (exact) mass is 940 g/mol. The second-order valence-corrected chi connectivity index (χ2v) is 25.9. The van der Waals surface area contributed by atoms with E-state index in [0.29, 0.717) is 43.1 Å². The van der Waals surface area contributed by atoms with Crippen LogP contribution in [0.5, 0.6) is 0 Å². The predicted octanol–water partition coefficient (Wildman–Crippen LogP) is 7.09. The van der Waals surface area contributed by atoms with E-state index in [0.717, 1.165) is 25.0 Å². The van der Waals surface area contributed by atoms with Crippen LogP contribution < -0.4 is 11.1 Å². The molecular formula is C51H81N5O7S2. The van der Waals surface area contributed by atoms with Gasteiger partial charge in [0.25, 0.3) is 0 Å². The van der Waals surface area contributed by atoms with Crippen LogP contribution in [0.15, 0.2) is 46.5 Å². The average molecular weight is 940 g/mol. The van der Waals surface area contributed by atoms with Gasteiger partial charge in [0.2, 0.25) is 0 Å². The zero-order chi connectivity index (χ0) is 46.7. The third kappa shape index (κ3) is 9.09. The quantitative estimate of drug-likeness (QED) is 0.0454. The number of hydrogen-bond donors (Lipinski definition) is 8. The van der Waals surface area contributed by atoms with Gasteiger partial charge in [-0.1, -0.05) is 80.2 Å². The molecule has 12 nitrogen and oxygen atoms in total. The highest BCUT2D eigenvalue weighted by Gasteiger charge is 2.73. The van der Waals surface area contributed by atoms with E-state index in [9.17, 15) is 35.4 Å². The summed E-state index contributed by atoms with van der Waals surface area (Å²) in [6, 6.07) is 0.130. The number of ketones is 1. The van der Waals surface area contributed by atoms with E-state index in [-0.39, 0.29) is 84.0 Å². The summed E-state index contributed by atoms with van der Waals surface area (Å²) in [5, 5.41) is 73.0. The van der Waals surface area contributed by atoms with E-state index in [1.54, 1.807) is 18.6 Å². The molecule has 1 aromatic rings. The van der Waals surface area contributed by atoms with Crippen LogP contribution >= 0.6 is 21.6 Å². The van der Waals surface area contributed by atoms with Crippen molar-refractivity contribution in [1.29, 1.82) is 0 Å². The molecule has 2 bridgehead atoms. The number of carbonyl (C=O) groups excluding carboxylic acids is 1. The second-order valence-electron chi connectivity index (χ2n) is 23.2. The first-order valence-electron chi connectivity index (χ1n) is 25.1. The summed E-state index contributed by atoms with van der Waals surface area (Å²) in [4.78, 5) is 24.0. The maximum Gasteiger partial charge on any atom is 0.190 e. The summed E-state index contributed by atoms with van der Waals surface area (Å²) in [7, 11) is 3.65. The molecule has 364 valence electrons. The molecule has 1 aromatic heterocycles. The molecule has 9 N–H and O–H groups in total. The van der Waals surface area contributed by atoms with E-state index in [1.807, 2.05) is 34.1 Å². The van der Waals surface area contributed by atoms with Crippen LogP contribution in [0.2, 0.25) is 0 Å². The van der Waals surface area contributed by atoms with Crippen molar-refractivity contribution in [2.45, 2.75) is 186 Å². The molecule has 0 unspecified atom stereocenters. The fraction of sp³-hybridized carbons (Fsp3) is 0.824. The predicted molar refractivity (Wildman–Crippen MR) is 259 cm³/mol. The van der Waals surface area contributed by atoms with Crippen molar-refractivity contribution in [3.8, 4) is 0 Å². The Hall–Kier alpha value is -1.91. The molecule has 65 heavy (non-hydrogen) atoms. The molecule has 5 saturated carbocycles. The maximum absolute atomic E-state index is 14.7. The number of imidazole rings is 1.